The number of hydrogen-bond donors (Lipinski definition) is 0. The number of thiophene rings is 1. The molecule has 0 spiro atoms. The average molecular weight is 186 g/mol. The summed E-state index contributed by atoms with van der Waals surface area (Å²) in [5.74, 6) is 0.181. The predicted octanol–water partition coefficient (Wildman–Crippen LogP) is 2.96. The highest BCUT2D eigenvalue weighted by atomic mass is 32.1. The minimum Gasteiger partial charge on any atom is -0.288 e. The van der Waals surface area contributed by atoms with Crippen molar-refractivity contribution in [2.75, 3.05) is 0 Å². The lowest BCUT2D eigenvalue weighted by Crippen LogP contribution is -1.91. The van der Waals surface area contributed by atoms with Crippen molar-refractivity contribution in [1.29, 1.82) is 0 Å². The third-order valence-electron chi connectivity index (χ3n) is 2.33. The molecular weight excluding hydrogens is 180 g/mol. The molecule has 0 amide bonds. The maximum Gasteiger partial charge on any atom is 0.204 e. The van der Waals surface area contributed by atoms with Crippen molar-refractivity contribution >= 4 is 17.1 Å². The molecule has 1 aromatic heterocycles. The van der Waals surface area contributed by atoms with Gasteiger partial charge in [0.15, 0.2) is 0 Å². The van der Waals surface area contributed by atoms with Crippen LogP contribution in [-0.2, 0) is 0 Å². The number of hydrogen-bond acceptors (Lipinski definition) is 2. The van der Waals surface area contributed by atoms with Gasteiger partial charge in [0.2, 0.25) is 5.78 Å². The first-order valence-electron chi connectivity index (χ1n) is 4.09. The van der Waals surface area contributed by atoms with Crippen LogP contribution in [0.1, 0.15) is 15.2 Å². The Kier molecular flexibility index (Phi) is 1.24. The van der Waals surface area contributed by atoms with E-state index in [2.05, 4.69) is 0 Å². The Morgan fingerprint density at radius 1 is 0.923 bits per heavy atom. The lowest BCUT2D eigenvalue weighted by molar-refractivity contribution is 0.104. The zero-order valence-corrected chi connectivity index (χ0v) is 7.60. The van der Waals surface area contributed by atoms with E-state index in [-0.39, 0.29) is 5.78 Å². The van der Waals surface area contributed by atoms with Crippen LogP contribution in [0.2, 0.25) is 0 Å². The molecule has 0 aliphatic heterocycles. The summed E-state index contributed by atoms with van der Waals surface area (Å²) in [5, 5.41) is 1.97. The van der Waals surface area contributed by atoms with Gasteiger partial charge in [-0.15, -0.1) is 11.3 Å². The molecule has 2 aromatic rings. The summed E-state index contributed by atoms with van der Waals surface area (Å²) in [5.41, 5.74) is 3.04. The van der Waals surface area contributed by atoms with E-state index in [1.165, 1.54) is 11.3 Å². The van der Waals surface area contributed by atoms with Crippen LogP contribution in [-0.4, -0.2) is 5.78 Å². The third kappa shape index (κ3) is 0.783. The molecular formula is C11H6OS. The molecule has 1 heterocycles. The van der Waals surface area contributed by atoms with E-state index in [0.717, 1.165) is 21.6 Å². The lowest BCUT2D eigenvalue weighted by Gasteiger charge is -1.94. The summed E-state index contributed by atoms with van der Waals surface area (Å²) in [4.78, 5) is 12.6. The first kappa shape index (κ1) is 7.04. The zero-order chi connectivity index (χ0) is 8.84. The van der Waals surface area contributed by atoms with Crippen LogP contribution in [0.4, 0.5) is 0 Å². The predicted molar refractivity (Wildman–Crippen MR) is 53.2 cm³/mol. The Bertz CT molecular complexity index is 496. The average Bonchev–Trinajstić information content (AvgIpc) is 2.72. The van der Waals surface area contributed by atoms with Crippen molar-refractivity contribution in [2.24, 2.45) is 0 Å². The molecule has 0 N–H and O–H groups in total. The molecule has 0 unspecified atom stereocenters. The van der Waals surface area contributed by atoms with Crippen LogP contribution < -0.4 is 0 Å². The number of rotatable bonds is 0. The smallest absolute Gasteiger partial charge is 0.204 e. The molecule has 1 aliphatic carbocycles. The standard InChI is InChI=1S/C11H6OS/c12-10-8-4-2-1-3-7(8)9-5-6-13-11(9)10/h1-6H. The second-order valence-corrected chi connectivity index (χ2v) is 3.95. The van der Waals surface area contributed by atoms with Crippen molar-refractivity contribution in [3.8, 4) is 11.1 Å². The highest BCUT2D eigenvalue weighted by Gasteiger charge is 2.26. The van der Waals surface area contributed by atoms with E-state index in [0.29, 0.717) is 0 Å². The molecule has 0 saturated carbocycles. The van der Waals surface area contributed by atoms with Crippen molar-refractivity contribution < 1.29 is 4.79 Å². The monoisotopic (exact) mass is 186 g/mol. The normalized spacial score (nSPS) is 12.8. The minimum absolute atomic E-state index is 0.181. The molecule has 2 heteroatoms. The van der Waals surface area contributed by atoms with Crippen LogP contribution in [0, 0.1) is 0 Å². The van der Waals surface area contributed by atoms with Gasteiger partial charge in [0.1, 0.15) is 0 Å². The maximum absolute atomic E-state index is 11.8. The molecule has 62 valence electrons. The largest absolute Gasteiger partial charge is 0.288 e. The van der Waals surface area contributed by atoms with Crippen molar-refractivity contribution in [3.05, 3.63) is 46.2 Å². The van der Waals surface area contributed by atoms with Gasteiger partial charge >= 0.3 is 0 Å². The van der Waals surface area contributed by atoms with Crippen molar-refractivity contribution in [1.82, 2.24) is 0 Å². The van der Waals surface area contributed by atoms with E-state index in [9.17, 15) is 4.79 Å². The van der Waals surface area contributed by atoms with Gasteiger partial charge in [-0.2, -0.15) is 0 Å². The van der Waals surface area contributed by atoms with Gasteiger partial charge in [0.25, 0.3) is 0 Å². The van der Waals surface area contributed by atoms with Gasteiger partial charge < -0.3 is 0 Å². The number of ketones is 1. The Morgan fingerprint density at radius 3 is 2.54 bits per heavy atom. The molecule has 0 atom stereocenters. The fraction of sp³-hybridized carbons (Fsp3) is 0. The van der Waals surface area contributed by atoms with E-state index in [1.54, 1.807) is 0 Å². The molecule has 13 heavy (non-hydrogen) atoms. The topological polar surface area (TPSA) is 17.1 Å². The van der Waals surface area contributed by atoms with Crippen molar-refractivity contribution in [3.63, 3.8) is 0 Å². The highest BCUT2D eigenvalue weighted by molar-refractivity contribution is 7.13. The Hall–Kier alpha value is -1.41. The first-order valence-corrected chi connectivity index (χ1v) is 4.97. The second kappa shape index (κ2) is 2.30. The molecule has 1 aromatic carbocycles. The maximum atomic E-state index is 11.8. The highest BCUT2D eigenvalue weighted by Crippen LogP contribution is 2.39. The molecule has 0 radical (unpaired) electrons. The fourth-order valence-corrected chi connectivity index (χ4v) is 2.60. The quantitative estimate of drug-likeness (QED) is 0.527. The van der Waals surface area contributed by atoms with Gasteiger partial charge in [-0.05, 0) is 17.0 Å². The SMILES string of the molecule is O=C1c2ccccc2-c2ccsc21. The summed E-state index contributed by atoms with van der Waals surface area (Å²) in [6.07, 6.45) is 0. The number of carbonyl (C=O) groups is 1. The number of benzene rings is 1. The van der Waals surface area contributed by atoms with E-state index >= 15 is 0 Å². The lowest BCUT2D eigenvalue weighted by atomic mass is 10.1. The van der Waals surface area contributed by atoms with Gasteiger partial charge in [0.05, 0.1) is 4.88 Å². The summed E-state index contributed by atoms with van der Waals surface area (Å²) < 4.78 is 0. The van der Waals surface area contributed by atoms with Crippen LogP contribution in [0.3, 0.4) is 0 Å². The summed E-state index contributed by atoms with van der Waals surface area (Å²) in [7, 11) is 0. The zero-order valence-electron chi connectivity index (χ0n) is 6.78. The number of carbonyl (C=O) groups excluding carboxylic acids is 1. The van der Waals surface area contributed by atoms with Gasteiger partial charge in [-0.1, -0.05) is 24.3 Å². The Morgan fingerprint density at radius 2 is 1.69 bits per heavy atom. The molecule has 0 fully saturated rings. The van der Waals surface area contributed by atoms with Gasteiger partial charge in [0, 0.05) is 11.1 Å². The van der Waals surface area contributed by atoms with E-state index in [1.807, 2.05) is 35.7 Å². The van der Waals surface area contributed by atoms with E-state index < -0.39 is 0 Å². The van der Waals surface area contributed by atoms with E-state index in [4.69, 9.17) is 0 Å². The van der Waals surface area contributed by atoms with Crippen LogP contribution in [0.25, 0.3) is 11.1 Å². The summed E-state index contributed by atoms with van der Waals surface area (Å²) >= 11 is 1.53. The second-order valence-electron chi connectivity index (χ2n) is 3.04. The summed E-state index contributed by atoms with van der Waals surface area (Å²) in [6, 6.07) is 9.80. The molecule has 0 bridgehead atoms. The first-order chi connectivity index (χ1) is 6.38. The Labute approximate surface area is 79.6 Å². The molecule has 3 rings (SSSR count). The number of fused-ring (bicyclic) bond motifs is 3. The van der Waals surface area contributed by atoms with Crippen LogP contribution >= 0.6 is 11.3 Å². The van der Waals surface area contributed by atoms with Crippen LogP contribution in [0.15, 0.2) is 35.7 Å². The minimum atomic E-state index is 0.181. The fourth-order valence-electron chi connectivity index (χ4n) is 1.74. The third-order valence-corrected chi connectivity index (χ3v) is 3.25. The molecule has 1 nitrogen and oxygen atoms in total. The Balaban J connectivity index is 2.43. The molecule has 0 saturated heterocycles. The van der Waals surface area contributed by atoms with Crippen LogP contribution in [0.5, 0.6) is 0 Å². The summed E-state index contributed by atoms with van der Waals surface area (Å²) in [6.45, 7) is 0. The van der Waals surface area contributed by atoms with Crippen molar-refractivity contribution in [2.45, 2.75) is 0 Å². The van der Waals surface area contributed by atoms with Gasteiger partial charge in [-0.3, -0.25) is 4.79 Å². The van der Waals surface area contributed by atoms with Gasteiger partial charge in [-0.25, -0.2) is 0 Å². The molecule has 1 aliphatic rings.